The smallest absolute Gasteiger partial charge is 0.241 e. The summed E-state index contributed by atoms with van der Waals surface area (Å²) in [4.78, 5) is 14.0. The number of hydrogen-bond donors (Lipinski definition) is 3. The zero-order valence-corrected chi connectivity index (χ0v) is 12.4. The Kier molecular flexibility index (Phi) is 5.79. The van der Waals surface area contributed by atoms with E-state index in [-0.39, 0.29) is 24.6 Å². The normalized spacial score (nSPS) is 13.9. The molecule has 6 nitrogen and oxygen atoms in total. The molecule has 2 atom stereocenters. The number of nitrogens with two attached hydrogens (primary N) is 1. The molecular formula is C14H23N3O3. The van der Waals surface area contributed by atoms with Crippen LogP contribution in [0.1, 0.15) is 13.8 Å². The maximum Gasteiger partial charge on any atom is 0.241 e. The van der Waals surface area contributed by atoms with Crippen LogP contribution in [0, 0.1) is 0 Å². The maximum atomic E-state index is 12.2. The largest absolute Gasteiger partial charge is 0.494 e. The van der Waals surface area contributed by atoms with E-state index < -0.39 is 0 Å². The van der Waals surface area contributed by atoms with Gasteiger partial charge in [-0.1, -0.05) is 0 Å². The number of rotatable bonds is 6. The van der Waals surface area contributed by atoms with Gasteiger partial charge in [0.15, 0.2) is 0 Å². The molecule has 20 heavy (non-hydrogen) atoms. The van der Waals surface area contributed by atoms with E-state index >= 15 is 0 Å². The molecule has 0 radical (unpaired) electrons. The zero-order chi connectivity index (χ0) is 15.3. The molecule has 4 N–H and O–H groups in total. The molecular weight excluding hydrogens is 258 g/mol. The van der Waals surface area contributed by atoms with Gasteiger partial charge in [-0.2, -0.15) is 0 Å². The second-order valence-corrected chi connectivity index (χ2v) is 4.82. The molecule has 0 aliphatic heterocycles. The number of ether oxygens (including phenoxy) is 1. The van der Waals surface area contributed by atoms with Gasteiger partial charge in [-0.25, -0.2) is 0 Å². The van der Waals surface area contributed by atoms with Crippen molar-refractivity contribution in [3.63, 3.8) is 0 Å². The Bertz CT molecular complexity index is 465. The summed E-state index contributed by atoms with van der Waals surface area (Å²) in [6.45, 7) is 3.64. The summed E-state index contributed by atoms with van der Waals surface area (Å²) in [7, 11) is 3.32. The molecule has 0 spiro atoms. The van der Waals surface area contributed by atoms with Gasteiger partial charge >= 0.3 is 0 Å². The van der Waals surface area contributed by atoms with Gasteiger partial charge in [-0.15, -0.1) is 0 Å². The molecule has 0 aliphatic carbocycles. The Morgan fingerprint density at radius 3 is 2.70 bits per heavy atom. The fourth-order valence-electron chi connectivity index (χ4n) is 1.74. The van der Waals surface area contributed by atoms with Crippen LogP contribution in [0.25, 0.3) is 0 Å². The van der Waals surface area contributed by atoms with Gasteiger partial charge in [-0.05, 0) is 33.0 Å². The number of nitrogens with one attached hydrogen (secondary N) is 1. The first-order valence-electron chi connectivity index (χ1n) is 6.47. The van der Waals surface area contributed by atoms with E-state index in [4.69, 9.17) is 15.6 Å². The van der Waals surface area contributed by atoms with E-state index in [1.165, 1.54) is 7.11 Å². The molecule has 6 heteroatoms. The molecule has 0 saturated carbocycles. The van der Waals surface area contributed by atoms with Crippen LogP contribution in [0.3, 0.4) is 0 Å². The van der Waals surface area contributed by atoms with Crippen LogP contribution in [0.4, 0.5) is 11.4 Å². The highest BCUT2D eigenvalue weighted by Crippen LogP contribution is 2.26. The number of nitrogens with zero attached hydrogens (tertiary/aromatic N) is 1. The minimum Gasteiger partial charge on any atom is -0.494 e. The van der Waals surface area contributed by atoms with Crippen LogP contribution < -0.4 is 15.8 Å². The van der Waals surface area contributed by atoms with Crippen molar-refractivity contribution < 1.29 is 14.6 Å². The topological polar surface area (TPSA) is 87.8 Å². The van der Waals surface area contributed by atoms with Gasteiger partial charge in [0.05, 0.1) is 25.4 Å². The molecule has 112 valence electrons. The molecule has 1 aromatic carbocycles. The molecule has 2 unspecified atom stereocenters. The number of carbonyl (C=O) groups is 1. The Morgan fingerprint density at radius 2 is 2.15 bits per heavy atom. The van der Waals surface area contributed by atoms with Crippen LogP contribution in [0.5, 0.6) is 5.75 Å². The molecule has 0 fully saturated rings. The molecule has 1 amide bonds. The third-order valence-electron chi connectivity index (χ3n) is 3.43. The molecule has 0 heterocycles. The average molecular weight is 281 g/mol. The van der Waals surface area contributed by atoms with E-state index in [9.17, 15) is 4.79 Å². The lowest BCUT2D eigenvalue weighted by Gasteiger charge is -2.28. The third-order valence-corrected chi connectivity index (χ3v) is 3.43. The summed E-state index contributed by atoms with van der Waals surface area (Å²) in [5, 5.41) is 11.9. The quantitative estimate of drug-likeness (QED) is 0.675. The fourth-order valence-corrected chi connectivity index (χ4v) is 1.74. The average Bonchev–Trinajstić information content (AvgIpc) is 2.46. The number of carbonyl (C=O) groups excluding carboxylic acids is 1. The Labute approximate surface area is 119 Å². The van der Waals surface area contributed by atoms with Gasteiger partial charge in [-0.3, -0.25) is 9.69 Å². The van der Waals surface area contributed by atoms with Gasteiger partial charge in [0.2, 0.25) is 5.91 Å². The maximum absolute atomic E-state index is 12.2. The Balaban J connectivity index is 2.80. The zero-order valence-electron chi connectivity index (χ0n) is 12.4. The minimum absolute atomic E-state index is 0.000683. The van der Waals surface area contributed by atoms with Crippen LogP contribution >= 0.6 is 0 Å². The number of hydrogen-bond acceptors (Lipinski definition) is 5. The molecule has 0 aliphatic rings. The van der Waals surface area contributed by atoms with Crippen molar-refractivity contribution in [1.82, 2.24) is 4.90 Å². The van der Waals surface area contributed by atoms with Crippen molar-refractivity contribution in [2.24, 2.45) is 0 Å². The summed E-state index contributed by atoms with van der Waals surface area (Å²) in [5.74, 6) is 0.347. The first-order chi connectivity index (χ1) is 9.40. The van der Waals surface area contributed by atoms with E-state index in [0.29, 0.717) is 17.1 Å². The first kappa shape index (κ1) is 16.3. The van der Waals surface area contributed by atoms with Crippen molar-refractivity contribution in [1.29, 1.82) is 0 Å². The van der Waals surface area contributed by atoms with Gasteiger partial charge < -0.3 is 20.9 Å². The number of amides is 1. The summed E-state index contributed by atoms with van der Waals surface area (Å²) < 4.78 is 5.19. The SMILES string of the molecule is COc1cc(N)ccc1NC(=O)C(C)N(C)C(C)CO. The molecule has 0 bridgehead atoms. The summed E-state index contributed by atoms with van der Waals surface area (Å²) >= 11 is 0. The first-order valence-corrected chi connectivity index (χ1v) is 6.47. The highest BCUT2D eigenvalue weighted by Gasteiger charge is 2.22. The highest BCUT2D eigenvalue weighted by atomic mass is 16.5. The van der Waals surface area contributed by atoms with Crippen LogP contribution in [-0.4, -0.2) is 48.8 Å². The van der Waals surface area contributed by atoms with Crippen LogP contribution in [0.2, 0.25) is 0 Å². The standard InChI is InChI=1S/C14H23N3O3/c1-9(8-18)17(3)10(2)14(19)16-12-6-5-11(15)7-13(12)20-4/h5-7,9-10,18H,8,15H2,1-4H3,(H,16,19). The molecule has 0 saturated heterocycles. The number of aliphatic hydroxyl groups excluding tert-OH is 1. The van der Waals surface area contributed by atoms with E-state index in [1.54, 1.807) is 37.1 Å². The van der Waals surface area contributed by atoms with Gasteiger partial charge in [0.25, 0.3) is 0 Å². The lowest BCUT2D eigenvalue weighted by atomic mass is 10.2. The Morgan fingerprint density at radius 1 is 1.50 bits per heavy atom. The van der Waals surface area contributed by atoms with Crippen molar-refractivity contribution in [3.8, 4) is 5.75 Å². The lowest BCUT2D eigenvalue weighted by molar-refractivity contribution is -0.121. The number of likely N-dealkylation sites (N-methyl/N-ethyl adjacent to an activating group) is 1. The predicted molar refractivity (Wildman–Crippen MR) is 79.8 cm³/mol. The molecule has 1 rings (SSSR count). The van der Waals surface area contributed by atoms with Crippen molar-refractivity contribution in [3.05, 3.63) is 18.2 Å². The second kappa shape index (κ2) is 7.12. The summed E-state index contributed by atoms with van der Waals surface area (Å²) in [6.07, 6.45) is 0. The van der Waals surface area contributed by atoms with E-state index in [2.05, 4.69) is 5.32 Å². The molecule has 0 aromatic heterocycles. The van der Waals surface area contributed by atoms with Crippen molar-refractivity contribution in [2.45, 2.75) is 25.9 Å². The van der Waals surface area contributed by atoms with E-state index in [1.807, 2.05) is 6.92 Å². The summed E-state index contributed by atoms with van der Waals surface area (Å²) in [5.41, 5.74) is 6.81. The Hall–Kier alpha value is -1.79. The fraction of sp³-hybridized carbons (Fsp3) is 0.500. The number of benzene rings is 1. The van der Waals surface area contributed by atoms with E-state index in [0.717, 1.165) is 0 Å². The summed E-state index contributed by atoms with van der Waals surface area (Å²) in [6, 6.07) is 4.58. The van der Waals surface area contributed by atoms with Crippen molar-refractivity contribution in [2.75, 3.05) is 31.8 Å². The number of methoxy groups -OCH3 is 1. The van der Waals surface area contributed by atoms with Crippen molar-refractivity contribution >= 4 is 17.3 Å². The predicted octanol–water partition coefficient (Wildman–Crippen LogP) is 0.917. The van der Waals surface area contributed by atoms with Gasteiger partial charge in [0.1, 0.15) is 5.75 Å². The second-order valence-electron chi connectivity index (χ2n) is 4.82. The monoisotopic (exact) mass is 281 g/mol. The number of aliphatic hydroxyl groups is 1. The lowest BCUT2D eigenvalue weighted by Crippen LogP contribution is -2.45. The highest BCUT2D eigenvalue weighted by molar-refractivity contribution is 5.96. The van der Waals surface area contributed by atoms with Gasteiger partial charge in [0, 0.05) is 17.8 Å². The number of nitrogen functional groups attached to an aromatic ring is 1. The minimum atomic E-state index is -0.376. The molecule has 1 aromatic rings. The number of anilines is 2. The van der Waals surface area contributed by atoms with Crippen LogP contribution in [0.15, 0.2) is 18.2 Å². The third kappa shape index (κ3) is 3.85. The van der Waals surface area contributed by atoms with Crippen LogP contribution in [-0.2, 0) is 4.79 Å².